The van der Waals surface area contributed by atoms with Crippen LogP contribution in [-0.2, 0) is 16.1 Å². The number of aryl methyl sites for hydroxylation is 1. The second-order valence-electron chi connectivity index (χ2n) is 4.38. The van der Waals surface area contributed by atoms with Crippen LogP contribution < -0.4 is 10.9 Å². The standard InChI is InChI=1S/C12H14N2O4/c1-2-14-7-8(3-4-9(14)15)13-10(16)12(5-6-12)11(17)18/h3-4,7H,2,5-6H2,1H3,(H,13,16)(H,17,18). The van der Waals surface area contributed by atoms with E-state index in [0.717, 1.165) is 0 Å². The van der Waals surface area contributed by atoms with Gasteiger partial charge in [0.2, 0.25) is 5.91 Å². The highest BCUT2D eigenvalue weighted by molar-refractivity contribution is 6.10. The van der Waals surface area contributed by atoms with Crippen molar-refractivity contribution in [1.82, 2.24) is 4.57 Å². The molecule has 1 heterocycles. The van der Waals surface area contributed by atoms with Crippen molar-refractivity contribution in [3.05, 3.63) is 28.7 Å². The van der Waals surface area contributed by atoms with E-state index in [1.54, 1.807) is 0 Å². The van der Waals surface area contributed by atoms with Crippen molar-refractivity contribution in [2.24, 2.45) is 5.41 Å². The summed E-state index contributed by atoms with van der Waals surface area (Å²) in [5.74, 6) is -1.61. The highest BCUT2D eigenvalue weighted by atomic mass is 16.4. The fraction of sp³-hybridized carbons (Fsp3) is 0.417. The SMILES string of the molecule is CCn1cc(NC(=O)C2(C(=O)O)CC2)ccc1=O. The second-order valence-corrected chi connectivity index (χ2v) is 4.38. The van der Waals surface area contributed by atoms with Gasteiger partial charge < -0.3 is 15.0 Å². The van der Waals surface area contributed by atoms with Crippen LogP contribution in [0, 0.1) is 5.41 Å². The molecule has 0 bridgehead atoms. The Morgan fingerprint density at radius 3 is 2.61 bits per heavy atom. The lowest BCUT2D eigenvalue weighted by molar-refractivity contribution is -0.147. The van der Waals surface area contributed by atoms with Gasteiger partial charge >= 0.3 is 5.97 Å². The molecule has 0 aromatic carbocycles. The summed E-state index contributed by atoms with van der Waals surface area (Å²) in [6, 6.07) is 2.82. The van der Waals surface area contributed by atoms with Crippen molar-refractivity contribution in [2.45, 2.75) is 26.3 Å². The molecule has 0 radical (unpaired) electrons. The summed E-state index contributed by atoms with van der Waals surface area (Å²) in [5, 5.41) is 11.5. The van der Waals surface area contributed by atoms with Gasteiger partial charge in [-0.1, -0.05) is 0 Å². The molecule has 2 rings (SSSR count). The Kier molecular flexibility index (Phi) is 2.94. The van der Waals surface area contributed by atoms with Crippen LogP contribution in [0.2, 0.25) is 0 Å². The fourth-order valence-electron chi connectivity index (χ4n) is 1.77. The molecular formula is C12H14N2O4. The van der Waals surface area contributed by atoms with Crippen LogP contribution in [0.3, 0.4) is 0 Å². The van der Waals surface area contributed by atoms with Crippen LogP contribution >= 0.6 is 0 Å². The van der Waals surface area contributed by atoms with Crippen LogP contribution in [0.25, 0.3) is 0 Å². The summed E-state index contributed by atoms with van der Waals surface area (Å²) in [6.07, 6.45) is 2.24. The number of pyridine rings is 1. The monoisotopic (exact) mass is 250 g/mol. The molecular weight excluding hydrogens is 236 g/mol. The van der Waals surface area contributed by atoms with E-state index >= 15 is 0 Å². The second kappa shape index (κ2) is 4.29. The van der Waals surface area contributed by atoms with E-state index < -0.39 is 17.3 Å². The van der Waals surface area contributed by atoms with Crippen LogP contribution in [-0.4, -0.2) is 21.6 Å². The van der Waals surface area contributed by atoms with Crippen LogP contribution in [0.15, 0.2) is 23.1 Å². The Morgan fingerprint density at radius 1 is 1.44 bits per heavy atom. The van der Waals surface area contributed by atoms with Gasteiger partial charge in [0.25, 0.3) is 5.56 Å². The predicted molar refractivity (Wildman–Crippen MR) is 64.3 cm³/mol. The quantitative estimate of drug-likeness (QED) is 0.769. The van der Waals surface area contributed by atoms with E-state index in [-0.39, 0.29) is 5.56 Å². The summed E-state index contributed by atoms with van der Waals surface area (Å²) in [4.78, 5) is 34.2. The normalized spacial score (nSPS) is 16.1. The first-order valence-electron chi connectivity index (χ1n) is 5.75. The average Bonchev–Trinajstić information content (AvgIpc) is 3.12. The van der Waals surface area contributed by atoms with Crippen molar-refractivity contribution in [3.63, 3.8) is 0 Å². The topological polar surface area (TPSA) is 88.4 Å². The van der Waals surface area contributed by atoms with Gasteiger partial charge in [-0.15, -0.1) is 0 Å². The minimum absolute atomic E-state index is 0.158. The van der Waals surface area contributed by atoms with Gasteiger partial charge in [0.1, 0.15) is 5.41 Å². The summed E-state index contributed by atoms with van der Waals surface area (Å²) in [7, 11) is 0. The molecule has 2 N–H and O–H groups in total. The molecule has 6 nitrogen and oxygen atoms in total. The van der Waals surface area contributed by atoms with Crippen molar-refractivity contribution in [3.8, 4) is 0 Å². The Labute approximate surface area is 103 Å². The van der Waals surface area contributed by atoms with E-state index in [2.05, 4.69) is 5.32 Å². The largest absolute Gasteiger partial charge is 0.480 e. The molecule has 1 aromatic heterocycles. The molecule has 0 unspecified atom stereocenters. The molecule has 1 saturated carbocycles. The van der Waals surface area contributed by atoms with E-state index in [9.17, 15) is 14.4 Å². The number of nitrogens with one attached hydrogen (secondary N) is 1. The van der Waals surface area contributed by atoms with Crippen LogP contribution in [0.5, 0.6) is 0 Å². The number of hydrogen-bond donors (Lipinski definition) is 2. The van der Waals surface area contributed by atoms with Crippen LogP contribution in [0.1, 0.15) is 19.8 Å². The number of nitrogens with zero attached hydrogens (tertiary/aromatic N) is 1. The third-order valence-electron chi connectivity index (χ3n) is 3.18. The molecule has 18 heavy (non-hydrogen) atoms. The number of carbonyl (C=O) groups excluding carboxylic acids is 1. The van der Waals surface area contributed by atoms with Gasteiger partial charge in [0.05, 0.1) is 5.69 Å². The van der Waals surface area contributed by atoms with Crippen LogP contribution in [0.4, 0.5) is 5.69 Å². The molecule has 1 aliphatic carbocycles. The zero-order valence-corrected chi connectivity index (χ0v) is 9.97. The lowest BCUT2D eigenvalue weighted by atomic mass is 10.1. The number of carboxylic acids is 1. The maximum absolute atomic E-state index is 11.8. The third-order valence-corrected chi connectivity index (χ3v) is 3.18. The third kappa shape index (κ3) is 2.01. The molecule has 0 aliphatic heterocycles. The van der Waals surface area contributed by atoms with Gasteiger partial charge in [0.15, 0.2) is 0 Å². The molecule has 0 spiro atoms. The summed E-state index contributed by atoms with van der Waals surface area (Å²) >= 11 is 0. The summed E-state index contributed by atoms with van der Waals surface area (Å²) < 4.78 is 1.44. The number of carbonyl (C=O) groups is 2. The van der Waals surface area contributed by atoms with E-state index in [4.69, 9.17) is 5.11 Å². The number of rotatable bonds is 4. The van der Waals surface area contributed by atoms with E-state index in [1.807, 2.05) is 6.92 Å². The molecule has 1 aromatic rings. The Hall–Kier alpha value is -2.11. The fourth-order valence-corrected chi connectivity index (χ4v) is 1.77. The van der Waals surface area contributed by atoms with Gasteiger partial charge in [-0.2, -0.15) is 0 Å². The number of carboxylic acid groups (broad SMARTS) is 1. The molecule has 1 fully saturated rings. The Morgan fingerprint density at radius 2 is 2.11 bits per heavy atom. The maximum atomic E-state index is 11.8. The first-order valence-corrected chi connectivity index (χ1v) is 5.75. The first-order chi connectivity index (χ1) is 8.49. The van der Waals surface area contributed by atoms with Crippen molar-refractivity contribution >= 4 is 17.6 Å². The Bertz CT molecular complexity index is 557. The smallest absolute Gasteiger partial charge is 0.319 e. The number of hydrogen-bond acceptors (Lipinski definition) is 3. The maximum Gasteiger partial charge on any atom is 0.319 e. The summed E-state index contributed by atoms with van der Waals surface area (Å²) in [6.45, 7) is 2.30. The number of amides is 1. The lowest BCUT2D eigenvalue weighted by Gasteiger charge is -2.11. The molecule has 0 atom stereocenters. The molecule has 96 valence electrons. The van der Waals surface area contributed by atoms with Crippen molar-refractivity contribution < 1.29 is 14.7 Å². The minimum Gasteiger partial charge on any atom is -0.480 e. The predicted octanol–water partition coefficient (Wildman–Crippen LogP) is 0.671. The van der Waals surface area contributed by atoms with E-state index in [1.165, 1.54) is 22.9 Å². The lowest BCUT2D eigenvalue weighted by Crippen LogP contribution is -2.31. The average molecular weight is 250 g/mol. The van der Waals surface area contributed by atoms with Gasteiger partial charge in [-0.3, -0.25) is 14.4 Å². The molecule has 6 heteroatoms. The number of aromatic nitrogens is 1. The number of aliphatic carboxylic acids is 1. The molecule has 0 saturated heterocycles. The molecule has 1 amide bonds. The van der Waals surface area contributed by atoms with Crippen molar-refractivity contribution in [2.75, 3.05) is 5.32 Å². The zero-order chi connectivity index (χ0) is 13.3. The minimum atomic E-state index is -1.27. The molecule has 1 aliphatic rings. The number of anilines is 1. The van der Waals surface area contributed by atoms with Gasteiger partial charge in [-0.05, 0) is 25.8 Å². The highest BCUT2D eigenvalue weighted by Crippen LogP contribution is 2.46. The Balaban J connectivity index is 2.18. The van der Waals surface area contributed by atoms with Gasteiger partial charge in [-0.25, -0.2) is 0 Å². The zero-order valence-electron chi connectivity index (χ0n) is 9.97. The van der Waals surface area contributed by atoms with Gasteiger partial charge in [0, 0.05) is 18.8 Å². The van der Waals surface area contributed by atoms with E-state index in [0.29, 0.717) is 25.1 Å². The first kappa shape index (κ1) is 12.3. The summed E-state index contributed by atoms with van der Waals surface area (Å²) in [5.41, 5.74) is -0.989. The highest BCUT2D eigenvalue weighted by Gasteiger charge is 2.57. The van der Waals surface area contributed by atoms with Crippen molar-refractivity contribution in [1.29, 1.82) is 0 Å².